The number of imide groups is 1. The van der Waals surface area contributed by atoms with Gasteiger partial charge in [-0.1, -0.05) is 6.92 Å². The van der Waals surface area contributed by atoms with E-state index in [-0.39, 0.29) is 11.8 Å². The van der Waals surface area contributed by atoms with Gasteiger partial charge in [0.2, 0.25) is 0 Å². The van der Waals surface area contributed by atoms with Crippen LogP contribution >= 0.6 is 11.3 Å². The molecule has 1 aromatic heterocycles. The van der Waals surface area contributed by atoms with Crippen LogP contribution in [0, 0.1) is 0 Å². The largest absolute Gasteiger partial charge is 0.338 e. The fourth-order valence-corrected chi connectivity index (χ4v) is 3.53. The highest BCUT2D eigenvalue weighted by Gasteiger charge is 2.48. The SMILES string of the molecule is CCc1ncc(C(=O)N2CCC3(CC2)NC(=O)NC3=O)s1. The monoisotopic (exact) mass is 308 g/mol. The van der Waals surface area contributed by atoms with E-state index in [1.165, 1.54) is 11.3 Å². The number of carbonyl (C=O) groups is 3. The summed E-state index contributed by atoms with van der Waals surface area (Å²) in [7, 11) is 0. The van der Waals surface area contributed by atoms with Gasteiger partial charge in [0.15, 0.2) is 0 Å². The van der Waals surface area contributed by atoms with E-state index in [2.05, 4.69) is 15.6 Å². The van der Waals surface area contributed by atoms with Crippen molar-refractivity contribution in [2.75, 3.05) is 13.1 Å². The predicted molar refractivity (Wildman–Crippen MR) is 76.0 cm³/mol. The number of piperidine rings is 1. The molecule has 21 heavy (non-hydrogen) atoms. The molecule has 112 valence electrons. The van der Waals surface area contributed by atoms with Crippen LogP contribution in [0.3, 0.4) is 0 Å². The van der Waals surface area contributed by atoms with Gasteiger partial charge in [0.1, 0.15) is 10.4 Å². The second-order valence-electron chi connectivity index (χ2n) is 5.25. The lowest BCUT2D eigenvalue weighted by atomic mass is 9.87. The minimum absolute atomic E-state index is 0.0493. The highest BCUT2D eigenvalue weighted by molar-refractivity contribution is 7.13. The summed E-state index contributed by atoms with van der Waals surface area (Å²) < 4.78 is 0. The van der Waals surface area contributed by atoms with Crippen LogP contribution < -0.4 is 10.6 Å². The Hall–Kier alpha value is -1.96. The molecule has 0 aliphatic carbocycles. The van der Waals surface area contributed by atoms with Crippen LogP contribution in [-0.4, -0.2) is 46.4 Å². The van der Waals surface area contributed by atoms with Crippen LogP contribution in [0.2, 0.25) is 0 Å². The van der Waals surface area contributed by atoms with Crippen molar-refractivity contribution in [2.45, 2.75) is 31.7 Å². The van der Waals surface area contributed by atoms with E-state index in [1.54, 1.807) is 11.1 Å². The number of urea groups is 1. The molecule has 3 heterocycles. The number of hydrogen-bond donors (Lipinski definition) is 2. The van der Waals surface area contributed by atoms with Crippen LogP contribution in [0.1, 0.15) is 34.4 Å². The van der Waals surface area contributed by atoms with Crippen LogP contribution in [0.4, 0.5) is 4.79 Å². The van der Waals surface area contributed by atoms with Gasteiger partial charge in [-0.15, -0.1) is 11.3 Å². The molecule has 1 spiro atoms. The van der Waals surface area contributed by atoms with E-state index in [1.807, 2.05) is 6.92 Å². The van der Waals surface area contributed by atoms with Crippen LogP contribution in [0.15, 0.2) is 6.20 Å². The molecule has 0 aromatic carbocycles. The summed E-state index contributed by atoms with van der Waals surface area (Å²) in [6.45, 7) is 2.90. The standard InChI is InChI=1S/C13H16N4O3S/c1-2-9-14-7-8(21-9)10(18)17-5-3-13(4-6-17)11(19)15-12(20)16-13/h7H,2-6H2,1H3,(H2,15,16,19,20). The summed E-state index contributed by atoms with van der Waals surface area (Å²) in [5, 5.41) is 5.89. The first-order valence-corrected chi connectivity index (χ1v) is 7.73. The zero-order chi connectivity index (χ0) is 15.0. The summed E-state index contributed by atoms with van der Waals surface area (Å²) >= 11 is 1.41. The molecular weight excluding hydrogens is 292 g/mol. The molecule has 2 saturated heterocycles. The van der Waals surface area contributed by atoms with Crippen molar-refractivity contribution in [3.05, 3.63) is 16.1 Å². The molecule has 0 atom stereocenters. The molecule has 4 amide bonds. The lowest BCUT2D eigenvalue weighted by Crippen LogP contribution is -2.55. The first kappa shape index (κ1) is 14.0. The fraction of sp³-hybridized carbons (Fsp3) is 0.538. The Bertz CT molecular complexity index is 604. The van der Waals surface area contributed by atoms with Gasteiger partial charge in [-0.25, -0.2) is 9.78 Å². The van der Waals surface area contributed by atoms with Gasteiger partial charge >= 0.3 is 6.03 Å². The zero-order valence-electron chi connectivity index (χ0n) is 11.6. The fourth-order valence-electron chi connectivity index (χ4n) is 2.70. The maximum atomic E-state index is 12.4. The van der Waals surface area contributed by atoms with Gasteiger partial charge in [-0.2, -0.15) is 0 Å². The van der Waals surface area contributed by atoms with E-state index in [0.717, 1.165) is 11.4 Å². The topological polar surface area (TPSA) is 91.4 Å². The highest BCUT2D eigenvalue weighted by atomic mass is 32.1. The number of nitrogens with zero attached hydrogens (tertiary/aromatic N) is 2. The van der Waals surface area contributed by atoms with E-state index in [9.17, 15) is 14.4 Å². The minimum Gasteiger partial charge on any atom is -0.338 e. The van der Waals surface area contributed by atoms with E-state index < -0.39 is 11.6 Å². The second kappa shape index (κ2) is 5.10. The Labute approximate surface area is 125 Å². The van der Waals surface area contributed by atoms with Gasteiger partial charge < -0.3 is 10.2 Å². The third kappa shape index (κ3) is 2.39. The van der Waals surface area contributed by atoms with Crippen molar-refractivity contribution in [1.29, 1.82) is 0 Å². The summed E-state index contributed by atoms with van der Waals surface area (Å²) in [6, 6.07) is -0.449. The van der Waals surface area contributed by atoms with Crippen molar-refractivity contribution in [1.82, 2.24) is 20.5 Å². The van der Waals surface area contributed by atoms with Crippen molar-refractivity contribution in [3.63, 3.8) is 0 Å². The molecular formula is C13H16N4O3S. The van der Waals surface area contributed by atoms with Gasteiger partial charge in [0, 0.05) is 13.1 Å². The van der Waals surface area contributed by atoms with Crippen molar-refractivity contribution in [2.24, 2.45) is 0 Å². The molecule has 0 bridgehead atoms. The minimum atomic E-state index is -0.837. The normalized spacial score (nSPS) is 20.5. The summed E-state index contributed by atoms with van der Waals surface area (Å²) in [5.74, 6) is -0.336. The number of carbonyl (C=O) groups excluding carboxylic acids is 3. The Balaban J connectivity index is 1.67. The number of likely N-dealkylation sites (tertiary alicyclic amines) is 1. The Morgan fingerprint density at radius 3 is 2.67 bits per heavy atom. The van der Waals surface area contributed by atoms with E-state index >= 15 is 0 Å². The zero-order valence-corrected chi connectivity index (χ0v) is 12.5. The third-order valence-electron chi connectivity index (χ3n) is 3.99. The summed E-state index contributed by atoms with van der Waals surface area (Å²) in [5.41, 5.74) is -0.837. The summed E-state index contributed by atoms with van der Waals surface area (Å²) in [4.78, 5) is 42.0. The molecule has 0 saturated carbocycles. The summed E-state index contributed by atoms with van der Waals surface area (Å²) in [6.07, 6.45) is 3.30. The average Bonchev–Trinajstić information content (AvgIpc) is 3.05. The molecule has 2 N–H and O–H groups in total. The number of aromatic nitrogens is 1. The van der Waals surface area contributed by atoms with Gasteiger partial charge in [0.25, 0.3) is 11.8 Å². The van der Waals surface area contributed by atoms with Gasteiger partial charge in [-0.3, -0.25) is 14.9 Å². The van der Waals surface area contributed by atoms with Gasteiger partial charge in [-0.05, 0) is 19.3 Å². The molecule has 3 rings (SSSR count). The molecule has 7 nitrogen and oxygen atoms in total. The van der Waals surface area contributed by atoms with Gasteiger partial charge in [0.05, 0.1) is 11.2 Å². The number of amides is 4. The molecule has 0 radical (unpaired) electrons. The molecule has 2 fully saturated rings. The quantitative estimate of drug-likeness (QED) is 0.779. The second-order valence-corrected chi connectivity index (χ2v) is 6.37. The Kier molecular flexibility index (Phi) is 3.40. The molecule has 2 aliphatic heterocycles. The van der Waals surface area contributed by atoms with Crippen LogP contribution in [0.5, 0.6) is 0 Å². The number of thiazole rings is 1. The first-order valence-electron chi connectivity index (χ1n) is 6.91. The Morgan fingerprint density at radius 1 is 1.43 bits per heavy atom. The average molecular weight is 308 g/mol. The number of rotatable bonds is 2. The maximum absolute atomic E-state index is 12.4. The molecule has 0 unspecified atom stereocenters. The lowest BCUT2D eigenvalue weighted by molar-refractivity contribution is -0.125. The molecule has 1 aromatic rings. The third-order valence-corrected chi connectivity index (χ3v) is 5.12. The maximum Gasteiger partial charge on any atom is 0.322 e. The number of hydrogen-bond acceptors (Lipinski definition) is 5. The van der Waals surface area contributed by atoms with Crippen molar-refractivity contribution in [3.8, 4) is 0 Å². The number of nitrogens with one attached hydrogen (secondary N) is 2. The van der Waals surface area contributed by atoms with Crippen molar-refractivity contribution >= 4 is 29.2 Å². The lowest BCUT2D eigenvalue weighted by Gasteiger charge is -2.36. The van der Waals surface area contributed by atoms with E-state index in [4.69, 9.17) is 0 Å². The predicted octanol–water partition coefficient (Wildman–Crippen LogP) is 0.520. The van der Waals surface area contributed by atoms with Crippen molar-refractivity contribution < 1.29 is 14.4 Å². The van der Waals surface area contributed by atoms with E-state index in [0.29, 0.717) is 30.8 Å². The van der Waals surface area contributed by atoms with Crippen LogP contribution in [-0.2, 0) is 11.2 Å². The first-order chi connectivity index (χ1) is 10.0. The highest BCUT2D eigenvalue weighted by Crippen LogP contribution is 2.27. The van der Waals surface area contributed by atoms with Crippen LogP contribution in [0.25, 0.3) is 0 Å². The molecule has 2 aliphatic rings. The number of aryl methyl sites for hydroxylation is 1. The molecule has 8 heteroatoms. The smallest absolute Gasteiger partial charge is 0.322 e. The Morgan fingerprint density at radius 2 is 2.14 bits per heavy atom.